The first-order chi connectivity index (χ1) is 9.11. The summed E-state index contributed by atoms with van der Waals surface area (Å²) in [6.07, 6.45) is 2.45. The summed E-state index contributed by atoms with van der Waals surface area (Å²) in [6, 6.07) is 6.82. The van der Waals surface area contributed by atoms with Gasteiger partial charge in [0.1, 0.15) is 0 Å². The third kappa shape index (κ3) is 3.01. The number of hydrogen-bond donors (Lipinski definition) is 1. The van der Waals surface area contributed by atoms with Crippen molar-refractivity contribution in [2.45, 2.75) is 52.6 Å². The van der Waals surface area contributed by atoms with E-state index in [0.717, 1.165) is 26.2 Å². The maximum Gasteiger partial charge on any atom is 0.0332 e. The van der Waals surface area contributed by atoms with Gasteiger partial charge in [0, 0.05) is 31.7 Å². The lowest BCUT2D eigenvalue weighted by molar-refractivity contribution is 0.0446. The van der Waals surface area contributed by atoms with Crippen LogP contribution in [0.25, 0.3) is 0 Å². The Balaban J connectivity index is 2.22. The second-order valence-electron chi connectivity index (χ2n) is 5.96. The van der Waals surface area contributed by atoms with E-state index in [2.05, 4.69) is 56.1 Å². The van der Waals surface area contributed by atoms with Crippen LogP contribution in [0.5, 0.6) is 0 Å². The number of aryl methyl sites for hydroxylation is 2. The van der Waals surface area contributed by atoms with E-state index in [9.17, 15) is 0 Å². The van der Waals surface area contributed by atoms with E-state index in [-0.39, 0.29) is 0 Å². The fourth-order valence-electron chi connectivity index (χ4n) is 3.25. The van der Waals surface area contributed by atoms with Gasteiger partial charge in [-0.25, -0.2) is 0 Å². The number of nitrogens with zero attached hydrogens (tertiary/aromatic N) is 1. The van der Waals surface area contributed by atoms with Crippen molar-refractivity contribution >= 4 is 0 Å². The Morgan fingerprint density at radius 1 is 1.21 bits per heavy atom. The van der Waals surface area contributed by atoms with Crippen LogP contribution in [0, 0.1) is 13.8 Å². The summed E-state index contributed by atoms with van der Waals surface area (Å²) in [5.41, 5.74) is 4.63. The maximum absolute atomic E-state index is 3.58. The SMILES string of the molecule is CCC1(CC)CNCCN1Cc1cc(C)ccc1C. The molecule has 1 aromatic rings. The molecule has 0 unspecified atom stereocenters. The van der Waals surface area contributed by atoms with Gasteiger partial charge in [0.2, 0.25) is 0 Å². The van der Waals surface area contributed by atoms with Crippen LogP contribution in [-0.2, 0) is 6.54 Å². The number of rotatable bonds is 4. The highest BCUT2D eigenvalue weighted by Gasteiger charge is 2.35. The molecule has 0 aliphatic carbocycles. The van der Waals surface area contributed by atoms with Gasteiger partial charge in [-0.15, -0.1) is 0 Å². The molecule has 19 heavy (non-hydrogen) atoms. The molecule has 106 valence electrons. The van der Waals surface area contributed by atoms with E-state index in [1.54, 1.807) is 0 Å². The predicted molar refractivity (Wildman–Crippen MR) is 82.5 cm³/mol. The Hall–Kier alpha value is -0.860. The van der Waals surface area contributed by atoms with Crippen LogP contribution in [0.15, 0.2) is 18.2 Å². The number of benzene rings is 1. The smallest absolute Gasteiger partial charge is 0.0332 e. The lowest BCUT2D eigenvalue weighted by atomic mass is 9.88. The van der Waals surface area contributed by atoms with Gasteiger partial charge < -0.3 is 5.32 Å². The molecule has 1 aliphatic rings. The van der Waals surface area contributed by atoms with E-state index in [1.165, 1.54) is 29.5 Å². The van der Waals surface area contributed by atoms with Gasteiger partial charge in [-0.3, -0.25) is 4.90 Å². The Morgan fingerprint density at radius 3 is 2.63 bits per heavy atom. The van der Waals surface area contributed by atoms with Gasteiger partial charge >= 0.3 is 0 Å². The molecule has 1 fully saturated rings. The molecule has 0 atom stereocenters. The summed E-state index contributed by atoms with van der Waals surface area (Å²) in [4.78, 5) is 2.70. The topological polar surface area (TPSA) is 15.3 Å². The first-order valence-electron chi connectivity index (χ1n) is 7.63. The molecule has 1 heterocycles. The van der Waals surface area contributed by atoms with Gasteiger partial charge in [-0.05, 0) is 37.8 Å². The first-order valence-corrected chi connectivity index (χ1v) is 7.63. The van der Waals surface area contributed by atoms with Crippen molar-refractivity contribution in [2.75, 3.05) is 19.6 Å². The Morgan fingerprint density at radius 2 is 1.95 bits per heavy atom. The molecule has 0 saturated carbocycles. The van der Waals surface area contributed by atoms with E-state index in [0.29, 0.717) is 5.54 Å². The molecule has 0 radical (unpaired) electrons. The second kappa shape index (κ2) is 6.06. The minimum atomic E-state index is 0.342. The molecule has 2 heteroatoms. The quantitative estimate of drug-likeness (QED) is 0.894. The van der Waals surface area contributed by atoms with Crippen LogP contribution in [0.1, 0.15) is 43.4 Å². The lowest BCUT2D eigenvalue weighted by Crippen LogP contribution is -2.60. The molecule has 0 aromatic heterocycles. The molecule has 0 amide bonds. The Kier molecular flexibility index (Phi) is 4.64. The average Bonchev–Trinajstić information content (AvgIpc) is 2.44. The van der Waals surface area contributed by atoms with E-state index >= 15 is 0 Å². The van der Waals surface area contributed by atoms with Gasteiger partial charge in [0.25, 0.3) is 0 Å². The van der Waals surface area contributed by atoms with Gasteiger partial charge in [0.15, 0.2) is 0 Å². The van der Waals surface area contributed by atoms with Gasteiger partial charge in [-0.2, -0.15) is 0 Å². The molecule has 1 saturated heterocycles. The molecule has 2 nitrogen and oxygen atoms in total. The third-order valence-electron chi connectivity index (χ3n) is 4.87. The standard InChI is InChI=1S/C17H28N2/c1-5-17(6-2)13-18-9-10-19(17)12-16-11-14(3)7-8-15(16)4/h7-8,11,18H,5-6,9-10,12-13H2,1-4H3. The summed E-state index contributed by atoms with van der Waals surface area (Å²) >= 11 is 0. The fourth-order valence-corrected chi connectivity index (χ4v) is 3.25. The van der Waals surface area contributed by atoms with Crippen molar-refractivity contribution in [1.29, 1.82) is 0 Å². The van der Waals surface area contributed by atoms with Gasteiger partial charge in [-0.1, -0.05) is 37.6 Å². The number of nitrogens with one attached hydrogen (secondary N) is 1. The van der Waals surface area contributed by atoms with Crippen LogP contribution in [0.2, 0.25) is 0 Å². The summed E-state index contributed by atoms with van der Waals surface area (Å²) in [6.45, 7) is 13.6. The molecular weight excluding hydrogens is 232 g/mol. The predicted octanol–water partition coefficient (Wildman–Crippen LogP) is 3.27. The van der Waals surface area contributed by atoms with Gasteiger partial charge in [0.05, 0.1) is 0 Å². The van der Waals surface area contributed by atoms with Crippen molar-refractivity contribution in [3.8, 4) is 0 Å². The normalized spacial score (nSPS) is 19.6. The highest BCUT2D eigenvalue weighted by molar-refractivity contribution is 5.30. The zero-order valence-corrected chi connectivity index (χ0v) is 12.9. The van der Waals surface area contributed by atoms with E-state index in [1.807, 2.05) is 0 Å². The lowest BCUT2D eigenvalue weighted by Gasteiger charge is -2.47. The van der Waals surface area contributed by atoms with Crippen LogP contribution in [0.4, 0.5) is 0 Å². The monoisotopic (exact) mass is 260 g/mol. The minimum Gasteiger partial charge on any atom is -0.314 e. The summed E-state index contributed by atoms with van der Waals surface area (Å²) < 4.78 is 0. The second-order valence-corrected chi connectivity index (χ2v) is 5.96. The van der Waals surface area contributed by atoms with Crippen LogP contribution in [0.3, 0.4) is 0 Å². The zero-order valence-electron chi connectivity index (χ0n) is 12.9. The maximum atomic E-state index is 3.58. The Bertz CT molecular complexity index is 421. The fraction of sp³-hybridized carbons (Fsp3) is 0.647. The van der Waals surface area contributed by atoms with E-state index in [4.69, 9.17) is 0 Å². The molecule has 1 N–H and O–H groups in total. The zero-order chi connectivity index (χ0) is 13.9. The molecule has 1 aliphatic heterocycles. The van der Waals surface area contributed by atoms with Crippen LogP contribution in [-0.4, -0.2) is 30.1 Å². The highest BCUT2D eigenvalue weighted by Crippen LogP contribution is 2.28. The van der Waals surface area contributed by atoms with Crippen molar-refractivity contribution in [3.63, 3.8) is 0 Å². The Labute approximate surface area is 118 Å². The third-order valence-corrected chi connectivity index (χ3v) is 4.87. The largest absolute Gasteiger partial charge is 0.314 e. The van der Waals surface area contributed by atoms with Crippen molar-refractivity contribution in [1.82, 2.24) is 10.2 Å². The molecule has 0 bridgehead atoms. The van der Waals surface area contributed by atoms with Crippen LogP contribution >= 0.6 is 0 Å². The summed E-state index contributed by atoms with van der Waals surface area (Å²) in [5.74, 6) is 0. The van der Waals surface area contributed by atoms with Crippen LogP contribution < -0.4 is 5.32 Å². The first kappa shape index (κ1) is 14.5. The molecular formula is C17H28N2. The van der Waals surface area contributed by atoms with Crippen molar-refractivity contribution in [3.05, 3.63) is 34.9 Å². The van der Waals surface area contributed by atoms with Crippen molar-refractivity contribution < 1.29 is 0 Å². The average molecular weight is 260 g/mol. The molecule has 1 aromatic carbocycles. The van der Waals surface area contributed by atoms with Crippen molar-refractivity contribution in [2.24, 2.45) is 0 Å². The number of piperazine rings is 1. The van der Waals surface area contributed by atoms with E-state index < -0.39 is 0 Å². The molecule has 0 spiro atoms. The highest BCUT2D eigenvalue weighted by atomic mass is 15.3. The molecule has 2 rings (SSSR count). The minimum absolute atomic E-state index is 0.342. The number of hydrogen-bond acceptors (Lipinski definition) is 2. The summed E-state index contributed by atoms with van der Waals surface area (Å²) in [7, 11) is 0. The summed E-state index contributed by atoms with van der Waals surface area (Å²) in [5, 5.41) is 3.58.